The lowest BCUT2D eigenvalue weighted by Gasteiger charge is -2.39. The van der Waals surface area contributed by atoms with E-state index in [9.17, 15) is 0 Å². The number of fused-ring (bicyclic) bond motifs is 1. The largest absolute Gasteiger partial charge is 0.339 e. The van der Waals surface area contributed by atoms with Gasteiger partial charge >= 0.3 is 0 Å². The van der Waals surface area contributed by atoms with Gasteiger partial charge in [-0.2, -0.15) is 0 Å². The minimum atomic E-state index is -0.451. The Kier molecular flexibility index (Phi) is 6.87. The highest BCUT2D eigenvalue weighted by atomic mass is 35.5. The monoisotopic (exact) mass is 480 g/mol. The van der Waals surface area contributed by atoms with Crippen molar-refractivity contribution in [2.24, 2.45) is 0 Å². The summed E-state index contributed by atoms with van der Waals surface area (Å²) in [5.74, 6) is 0. The van der Waals surface area contributed by atoms with Gasteiger partial charge in [0.05, 0.1) is 10.9 Å². The number of halogens is 1. The Bertz CT molecular complexity index is 1420. The molecular formula is C32H33ClN2. The highest BCUT2D eigenvalue weighted by Gasteiger charge is 2.36. The minimum absolute atomic E-state index is 0.451. The molecule has 4 aromatic rings. The van der Waals surface area contributed by atoms with Gasteiger partial charge in [0.25, 0.3) is 0 Å². The Morgan fingerprint density at radius 2 is 1.57 bits per heavy atom. The molecule has 0 aliphatic carbocycles. The van der Waals surface area contributed by atoms with Crippen LogP contribution >= 0.6 is 11.6 Å². The Balaban J connectivity index is 2.01. The maximum absolute atomic E-state index is 6.41. The van der Waals surface area contributed by atoms with E-state index in [1.165, 1.54) is 33.4 Å². The maximum atomic E-state index is 6.41. The molecule has 1 unspecified atom stereocenters. The Morgan fingerprint density at radius 1 is 0.943 bits per heavy atom. The first kappa shape index (κ1) is 24.8. The van der Waals surface area contributed by atoms with Gasteiger partial charge in [0.1, 0.15) is 5.16 Å². The third-order valence-corrected chi connectivity index (χ3v) is 7.46. The van der Waals surface area contributed by atoms with E-state index in [0.717, 1.165) is 22.3 Å². The summed E-state index contributed by atoms with van der Waals surface area (Å²) in [7, 11) is 1.97. The van der Waals surface area contributed by atoms with Crippen molar-refractivity contribution in [2.75, 3.05) is 7.05 Å². The van der Waals surface area contributed by atoms with Crippen LogP contribution in [0.4, 0.5) is 0 Å². The molecule has 3 aromatic carbocycles. The number of benzene rings is 3. The van der Waals surface area contributed by atoms with Crippen LogP contribution in [0.5, 0.6) is 0 Å². The van der Waals surface area contributed by atoms with Crippen LogP contribution in [-0.2, 0) is 5.41 Å². The van der Waals surface area contributed by atoms with Crippen molar-refractivity contribution in [3.8, 4) is 11.1 Å². The summed E-state index contributed by atoms with van der Waals surface area (Å²) in [4.78, 5) is 6.96. The zero-order valence-corrected chi connectivity index (χ0v) is 22.2. The van der Waals surface area contributed by atoms with Crippen molar-refractivity contribution in [3.63, 3.8) is 0 Å². The number of pyridine rings is 1. The lowest BCUT2D eigenvalue weighted by Crippen LogP contribution is -2.34. The molecule has 0 saturated heterocycles. The molecule has 4 rings (SSSR count). The summed E-state index contributed by atoms with van der Waals surface area (Å²) in [5, 5.41) is 1.64. The predicted octanol–water partition coefficient (Wildman–Crippen LogP) is 8.68. The molecule has 35 heavy (non-hydrogen) atoms. The molecule has 0 bridgehead atoms. The van der Waals surface area contributed by atoms with Gasteiger partial charge in [0.15, 0.2) is 0 Å². The third-order valence-electron chi connectivity index (χ3n) is 7.21. The SMILES string of the molecule is C=C(Cl)N(C)/C(=C\C)C(C)(c1ccc(C)cc1)c1ccc2nc(C)c(-c3ccccc3)c(C)c2c1. The molecule has 0 saturated carbocycles. The highest BCUT2D eigenvalue weighted by Crippen LogP contribution is 2.43. The third kappa shape index (κ3) is 4.39. The molecule has 2 nitrogen and oxygen atoms in total. The topological polar surface area (TPSA) is 16.1 Å². The van der Waals surface area contributed by atoms with Gasteiger partial charge in [0.2, 0.25) is 0 Å². The predicted molar refractivity (Wildman–Crippen MR) is 151 cm³/mol. The highest BCUT2D eigenvalue weighted by molar-refractivity contribution is 6.28. The van der Waals surface area contributed by atoms with Gasteiger partial charge in [-0.25, -0.2) is 0 Å². The number of hydrogen-bond acceptors (Lipinski definition) is 2. The fourth-order valence-electron chi connectivity index (χ4n) is 5.22. The Hall–Kier alpha value is -3.36. The molecular weight excluding hydrogens is 448 g/mol. The van der Waals surface area contributed by atoms with Crippen molar-refractivity contribution >= 4 is 22.5 Å². The average Bonchev–Trinajstić information content (AvgIpc) is 2.85. The molecule has 1 atom stereocenters. The van der Waals surface area contributed by atoms with E-state index in [2.05, 4.69) is 114 Å². The molecule has 178 valence electrons. The lowest BCUT2D eigenvalue weighted by atomic mass is 9.72. The second-order valence-electron chi connectivity index (χ2n) is 9.40. The fraction of sp³-hybridized carbons (Fsp3) is 0.219. The summed E-state index contributed by atoms with van der Waals surface area (Å²) in [6, 6.07) is 25.9. The second kappa shape index (κ2) is 9.71. The first-order valence-corrected chi connectivity index (χ1v) is 12.3. The van der Waals surface area contributed by atoms with Crippen LogP contribution in [-0.4, -0.2) is 16.9 Å². The molecule has 0 amide bonds. The molecule has 0 fully saturated rings. The number of hydrogen-bond donors (Lipinski definition) is 0. The smallest absolute Gasteiger partial charge is 0.101 e. The van der Waals surface area contributed by atoms with Gasteiger partial charge in [-0.15, -0.1) is 0 Å². The first-order chi connectivity index (χ1) is 16.7. The zero-order chi connectivity index (χ0) is 25.3. The van der Waals surface area contributed by atoms with Crippen LogP contribution in [0.2, 0.25) is 0 Å². The molecule has 0 aliphatic rings. The number of nitrogens with zero attached hydrogens (tertiary/aromatic N) is 2. The molecule has 3 heteroatoms. The summed E-state index contributed by atoms with van der Waals surface area (Å²) in [5.41, 5.74) is 9.91. The van der Waals surface area contributed by atoms with E-state index in [1.807, 2.05) is 18.0 Å². The number of aromatic nitrogens is 1. The fourth-order valence-corrected chi connectivity index (χ4v) is 5.31. The Morgan fingerprint density at radius 3 is 2.17 bits per heavy atom. The molecule has 0 N–H and O–H groups in total. The van der Waals surface area contributed by atoms with Crippen LogP contribution in [0.25, 0.3) is 22.0 Å². The second-order valence-corrected chi connectivity index (χ2v) is 9.83. The van der Waals surface area contributed by atoms with Crippen LogP contribution in [0, 0.1) is 20.8 Å². The summed E-state index contributed by atoms with van der Waals surface area (Å²) >= 11 is 6.41. The minimum Gasteiger partial charge on any atom is -0.339 e. The van der Waals surface area contributed by atoms with Crippen LogP contribution in [0.15, 0.2) is 96.3 Å². The Labute approximate surface area is 214 Å². The van der Waals surface area contributed by atoms with E-state index < -0.39 is 5.41 Å². The maximum Gasteiger partial charge on any atom is 0.101 e. The van der Waals surface area contributed by atoms with Crippen molar-refractivity contribution in [3.05, 3.63) is 124 Å². The van der Waals surface area contributed by atoms with Crippen molar-refractivity contribution < 1.29 is 0 Å². The van der Waals surface area contributed by atoms with Crippen molar-refractivity contribution in [1.29, 1.82) is 0 Å². The van der Waals surface area contributed by atoms with E-state index in [4.69, 9.17) is 16.6 Å². The summed E-state index contributed by atoms with van der Waals surface area (Å²) in [6.45, 7) is 14.7. The van der Waals surface area contributed by atoms with Gasteiger partial charge in [0, 0.05) is 29.4 Å². The van der Waals surface area contributed by atoms with E-state index in [1.54, 1.807) is 0 Å². The first-order valence-electron chi connectivity index (χ1n) is 12.0. The van der Waals surface area contributed by atoms with Gasteiger partial charge in [-0.3, -0.25) is 4.98 Å². The van der Waals surface area contributed by atoms with Gasteiger partial charge < -0.3 is 4.90 Å². The van der Waals surface area contributed by atoms with Crippen LogP contribution in [0.3, 0.4) is 0 Å². The molecule has 0 radical (unpaired) electrons. The van der Waals surface area contributed by atoms with Gasteiger partial charge in [-0.05, 0) is 69.0 Å². The normalized spacial score (nSPS) is 13.5. The average molecular weight is 481 g/mol. The van der Waals surface area contributed by atoms with Crippen LogP contribution in [0.1, 0.15) is 41.8 Å². The van der Waals surface area contributed by atoms with Crippen LogP contribution < -0.4 is 0 Å². The quantitative estimate of drug-likeness (QED) is 0.256. The lowest BCUT2D eigenvalue weighted by molar-refractivity contribution is 0.450. The van der Waals surface area contributed by atoms with E-state index >= 15 is 0 Å². The van der Waals surface area contributed by atoms with Crippen molar-refractivity contribution in [2.45, 2.75) is 40.0 Å². The van der Waals surface area contributed by atoms with E-state index in [-0.39, 0.29) is 0 Å². The standard InChI is InChI=1S/C32H33ClN2/c1-8-30(35(7)24(5)33)32(6,26-16-14-21(2)15-17-26)27-18-19-29-28(20-27)22(3)31(23(4)34-29)25-12-10-9-11-13-25/h8-20H,5H2,1-4,6-7H3/b30-8-. The number of aryl methyl sites for hydroxylation is 3. The number of allylic oxidation sites excluding steroid dienone is 2. The number of rotatable bonds is 6. The van der Waals surface area contributed by atoms with E-state index in [0.29, 0.717) is 5.16 Å². The molecule has 1 aromatic heterocycles. The molecule has 1 heterocycles. The molecule has 0 spiro atoms. The molecule has 0 aliphatic heterocycles. The number of likely N-dealkylation sites (N-methyl/N-ethyl adjacent to an activating group) is 1. The summed E-state index contributed by atoms with van der Waals surface area (Å²) in [6.07, 6.45) is 2.13. The zero-order valence-electron chi connectivity index (χ0n) is 21.5. The van der Waals surface area contributed by atoms with Gasteiger partial charge in [-0.1, -0.05) is 90.5 Å². The van der Waals surface area contributed by atoms with Crippen molar-refractivity contribution in [1.82, 2.24) is 9.88 Å². The summed E-state index contributed by atoms with van der Waals surface area (Å²) < 4.78 is 0.